The minimum absolute atomic E-state index is 0.0602. The molecule has 11 heteroatoms. The van der Waals surface area contributed by atoms with E-state index in [9.17, 15) is 14.0 Å². The van der Waals surface area contributed by atoms with Crippen LogP contribution in [0.15, 0.2) is 35.1 Å². The fourth-order valence-electron chi connectivity index (χ4n) is 3.99. The second-order valence-electron chi connectivity index (χ2n) is 7.47. The Hall–Kier alpha value is -2.69. The lowest BCUT2D eigenvalue weighted by molar-refractivity contribution is -0.137. The highest BCUT2D eigenvalue weighted by molar-refractivity contribution is 6.31. The topological polar surface area (TPSA) is 88.9 Å². The molecule has 3 aliphatic rings. The molecule has 1 aromatic carbocycles. The minimum Gasteiger partial charge on any atom is -0.394 e. The molecule has 2 unspecified atom stereocenters. The lowest BCUT2D eigenvalue weighted by Gasteiger charge is -2.40. The number of amides is 3. The van der Waals surface area contributed by atoms with Gasteiger partial charge in [0.2, 0.25) is 5.96 Å². The van der Waals surface area contributed by atoms with Crippen LogP contribution < -0.4 is 0 Å². The van der Waals surface area contributed by atoms with E-state index in [0.29, 0.717) is 19.1 Å². The van der Waals surface area contributed by atoms with Gasteiger partial charge in [0.05, 0.1) is 26.4 Å². The standard InChI is InChI=1S/C20H23ClFN5O4/c1-12-10-26-16-17(23-19(26)25(12)6-8-31-9-7-28)24(2)20(30)27(18(16)29)11-13-14(21)4-3-5-15(13)22/h3-5,10,16-17,28H,6-9,11H2,1-2H3. The Morgan fingerprint density at radius 2 is 2.03 bits per heavy atom. The monoisotopic (exact) mass is 451 g/mol. The number of guanidine groups is 1. The number of fused-ring (bicyclic) bond motifs is 3. The number of rotatable bonds is 7. The van der Waals surface area contributed by atoms with Gasteiger partial charge in [-0.1, -0.05) is 17.7 Å². The highest BCUT2D eigenvalue weighted by atomic mass is 35.5. The number of benzene rings is 1. The van der Waals surface area contributed by atoms with Gasteiger partial charge in [-0.2, -0.15) is 0 Å². The largest absolute Gasteiger partial charge is 0.394 e. The van der Waals surface area contributed by atoms with E-state index in [1.165, 1.54) is 23.1 Å². The van der Waals surface area contributed by atoms with Crippen LogP contribution in [0.3, 0.4) is 0 Å². The number of halogens is 2. The van der Waals surface area contributed by atoms with Crippen LogP contribution in [0.5, 0.6) is 0 Å². The van der Waals surface area contributed by atoms with E-state index >= 15 is 0 Å². The van der Waals surface area contributed by atoms with E-state index in [0.717, 1.165) is 10.6 Å². The molecule has 1 N–H and O–H groups in total. The number of carbonyl (C=O) groups excluding carboxylic acids is 2. The number of imide groups is 1. The summed E-state index contributed by atoms with van der Waals surface area (Å²) in [6, 6.07) is 2.92. The quantitative estimate of drug-likeness (QED) is 0.631. The predicted octanol–water partition coefficient (Wildman–Crippen LogP) is 1.43. The fourth-order valence-corrected chi connectivity index (χ4v) is 4.21. The Kier molecular flexibility index (Phi) is 5.87. The maximum atomic E-state index is 14.3. The molecule has 3 heterocycles. The van der Waals surface area contributed by atoms with Crippen molar-refractivity contribution in [2.45, 2.75) is 25.7 Å². The lowest BCUT2D eigenvalue weighted by atomic mass is 10.1. The number of aliphatic hydroxyl groups excluding tert-OH is 1. The van der Waals surface area contributed by atoms with Gasteiger partial charge >= 0.3 is 6.03 Å². The number of likely N-dealkylation sites (N-methyl/N-ethyl adjacent to an activating group) is 1. The Balaban J connectivity index is 1.57. The van der Waals surface area contributed by atoms with Gasteiger partial charge in [-0.3, -0.25) is 9.69 Å². The smallest absolute Gasteiger partial charge is 0.328 e. The first-order valence-corrected chi connectivity index (χ1v) is 10.2. The first kappa shape index (κ1) is 21.5. The number of aliphatic imine (C=N–C) groups is 1. The van der Waals surface area contributed by atoms with Crippen molar-refractivity contribution in [1.82, 2.24) is 19.6 Å². The number of allylic oxidation sites excluding steroid dienone is 1. The van der Waals surface area contributed by atoms with Crippen LogP contribution in [-0.2, 0) is 16.1 Å². The van der Waals surface area contributed by atoms with Crippen LogP contribution in [-0.4, -0.2) is 88.2 Å². The first-order chi connectivity index (χ1) is 14.8. The van der Waals surface area contributed by atoms with Gasteiger partial charge in [-0.15, -0.1) is 0 Å². The second kappa shape index (κ2) is 8.45. The van der Waals surface area contributed by atoms with Crippen molar-refractivity contribution in [3.8, 4) is 0 Å². The third kappa shape index (κ3) is 3.64. The first-order valence-electron chi connectivity index (χ1n) is 9.87. The average molecular weight is 452 g/mol. The Morgan fingerprint density at radius 3 is 2.74 bits per heavy atom. The molecule has 3 aliphatic heterocycles. The molecule has 31 heavy (non-hydrogen) atoms. The molecule has 0 aliphatic carbocycles. The number of urea groups is 1. The Bertz CT molecular complexity index is 951. The second-order valence-corrected chi connectivity index (χ2v) is 7.88. The number of carbonyl (C=O) groups is 2. The summed E-state index contributed by atoms with van der Waals surface area (Å²) >= 11 is 6.11. The van der Waals surface area contributed by atoms with E-state index < -0.39 is 30.0 Å². The molecule has 4 rings (SSSR count). The number of aliphatic hydroxyl groups is 1. The van der Waals surface area contributed by atoms with Crippen LogP contribution in [0.1, 0.15) is 12.5 Å². The Labute approximate surface area is 183 Å². The van der Waals surface area contributed by atoms with Crippen molar-refractivity contribution in [3.63, 3.8) is 0 Å². The summed E-state index contributed by atoms with van der Waals surface area (Å²) in [7, 11) is 1.57. The summed E-state index contributed by atoms with van der Waals surface area (Å²) in [5.74, 6) is -0.486. The van der Waals surface area contributed by atoms with Gasteiger partial charge in [-0.25, -0.2) is 14.2 Å². The molecule has 2 atom stereocenters. The molecule has 3 amide bonds. The van der Waals surface area contributed by atoms with Crippen molar-refractivity contribution in [1.29, 1.82) is 0 Å². The number of hydrogen-bond acceptors (Lipinski definition) is 7. The van der Waals surface area contributed by atoms with E-state index in [-0.39, 0.29) is 30.3 Å². The molecule has 1 saturated heterocycles. The summed E-state index contributed by atoms with van der Waals surface area (Å²) in [4.78, 5) is 36.9. The molecule has 0 aromatic heterocycles. The highest BCUT2D eigenvalue weighted by Crippen LogP contribution is 2.35. The molecule has 166 valence electrons. The molecule has 0 bridgehead atoms. The van der Waals surface area contributed by atoms with Crippen molar-refractivity contribution >= 4 is 29.5 Å². The van der Waals surface area contributed by atoms with Gasteiger partial charge in [0.25, 0.3) is 5.91 Å². The van der Waals surface area contributed by atoms with Crippen molar-refractivity contribution in [2.75, 3.05) is 33.4 Å². The summed E-state index contributed by atoms with van der Waals surface area (Å²) < 4.78 is 19.6. The van der Waals surface area contributed by atoms with Gasteiger partial charge < -0.3 is 24.5 Å². The summed E-state index contributed by atoms with van der Waals surface area (Å²) in [5, 5.41) is 9.01. The van der Waals surface area contributed by atoms with Crippen molar-refractivity contribution in [2.24, 2.45) is 4.99 Å². The van der Waals surface area contributed by atoms with Crippen molar-refractivity contribution < 1.29 is 23.8 Å². The molecule has 9 nitrogen and oxygen atoms in total. The zero-order valence-electron chi connectivity index (χ0n) is 17.2. The molecule has 0 saturated carbocycles. The molecule has 0 radical (unpaired) electrons. The summed E-state index contributed by atoms with van der Waals surface area (Å²) in [6.45, 7) is 2.66. The van der Waals surface area contributed by atoms with Crippen molar-refractivity contribution in [3.05, 3.63) is 46.5 Å². The fraction of sp³-hybridized carbons (Fsp3) is 0.450. The number of nitrogens with zero attached hydrogens (tertiary/aromatic N) is 5. The normalized spacial score (nSPS) is 22.7. The summed E-state index contributed by atoms with van der Waals surface area (Å²) in [6.07, 6.45) is 1.12. The molecule has 0 spiro atoms. The third-order valence-electron chi connectivity index (χ3n) is 5.58. The lowest BCUT2D eigenvalue weighted by Crippen LogP contribution is -2.64. The van der Waals surface area contributed by atoms with Crippen LogP contribution in [0.4, 0.5) is 9.18 Å². The molecule has 1 aromatic rings. The van der Waals surface area contributed by atoms with Gasteiger partial charge in [0.1, 0.15) is 5.82 Å². The van der Waals surface area contributed by atoms with Gasteiger partial charge in [0, 0.05) is 36.1 Å². The number of hydrogen-bond donors (Lipinski definition) is 1. The molecular weight excluding hydrogens is 429 g/mol. The molecular formula is C20H23ClFN5O4. The maximum absolute atomic E-state index is 14.3. The van der Waals surface area contributed by atoms with Crippen LogP contribution in [0.2, 0.25) is 5.02 Å². The number of ether oxygens (including phenoxy) is 1. The SMILES string of the molecule is CC1=CN2C(=NC3C2C(=O)N(Cc2c(F)cccc2Cl)C(=O)N3C)N1CCOCCO. The van der Waals surface area contributed by atoms with E-state index in [1.807, 2.05) is 18.0 Å². The average Bonchev–Trinajstić information content (AvgIpc) is 3.24. The predicted molar refractivity (Wildman–Crippen MR) is 110 cm³/mol. The van der Waals surface area contributed by atoms with E-state index in [1.54, 1.807) is 11.9 Å². The van der Waals surface area contributed by atoms with E-state index in [2.05, 4.69) is 4.99 Å². The minimum atomic E-state index is -0.749. The van der Waals surface area contributed by atoms with E-state index in [4.69, 9.17) is 21.4 Å². The van der Waals surface area contributed by atoms with Gasteiger partial charge in [0.15, 0.2) is 12.2 Å². The highest BCUT2D eigenvalue weighted by Gasteiger charge is 2.54. The van der Waals surface area contributed by atoms with Crippen LogP contribution >= 0.6 is 11.6 Å². The maximum Gasteiger partial charge on any atom is 0.328 e. The van der Waals surface area contributed by atoms with Crippen LogP contribution in [0, 0.1) is 5.82 Å². The zero-order chi connectivity index (χ0) is 22.3. The third-order valence-corrected chi connectivity index (χ3v) is 5.93. The van der Waals surface area contributed by atoms with Gasteiger partial charge in [-0.05, 0) is 19.1 Å². The molecule has 1 fully saturated rings. The zero-order valence-corrected chi connectivity index (χ0v) is 17.9. The van der Waals surface area contributed by atoms with Crippen LogP contribution in [0.25, 0.3) is 0 Å². The summed E-state index contributed by atoms with van der Waals surface area (Å²) in [5.41, 5.74) is 0.966. The Morgan fingerprint density at radius 1 is 1.26 bits per heavy atom.